The Hall–Kier alpha value is -5.13. The summed E-state index contributed by atoms with van der Waals surface area (Å²) in [5.74, 6) is -6.72. The third-order valence-corrected chi connectivity index (χ3v) is 11.6. The Morgan fingerprint density at radius 2 is 1.79 bits per heavy atom. The number of fused-ring (bicyclic) bond motifs is 3. The van der Waals surface area contributed by atoms with Crippen molar-refractivity contribution in [3.8, 4) is 0 Å². The molecular formula is C39H46F3N5O9S. The van der Waals surface area contributed by atoms with Crippen LogP contribution in [0.3, 0.4) is 0 Å². The monoisotopic (exact) mass is 817 g/mol. The van der Waals surface area contributed by atoms with Crippen LogP contribution in [-0.4, -0.2) is 84.0 Å². The van der Waals surface area contributed by atoms with Gasteiger partial charge in [0.25, 0.3) is 5.91 Å². The molecule has 0 unspecified atom stereocenters. The van der Waals surface area contributed by atoms with Gasteiger partial charge in [-0.25, -0.2) is 31.2 Å². The van der Waals surface area contributed by atoms with Gasteiger partial charge in [0.15, 0.2) is 0 Å². The van der Waals surface area contributed by atoms with E-state index < -0.39 is 104 Å². The van der Waals surface area contributed by atoms with Gasteiger partial charge in [0.2, 0.25) is 21.8 Å². The van der Waals surface area contributed by atoms with Crippen molar-refractivity contribution in [1.29, 1.82) is 0 Å². The van der Waals surface area contributed by atoms with Crippen LogP contribution in [0.5, 0.6) is 0 Å². The molecule has 3 N–H and O–H groups in total. The number of rotatable bonds is 6. The lowest BCUT2D eigenvalue weighted by Crippen LogP contribution is -2.58. The zero-order valence-electron chi connectivity index (χ0n) is 31.8. The summed E-state index contributed by atoms with van der Waals surface area (Å²) in [6, 6.07) is 4.28. The number of alkyl carbamates (subject to hydrolysis) is 1. The Kier molecular flexibility index (Phi) is 11.9. The topological polar surface area (TPSA) is 181 Å². The average Bonchev–Trinajstić information content (AvgIpc) is 3.40. The summed E-state index contributed by atoms with van der Waals surface area (Å²) in [7, 11) is -4.61. The molecule has 5 amide bonds. The van der Waals surface area contributed by atoms with Gasteiger partial charge in [-0.05, 0) is 76.3 Å². The number of halogens is 3. The number of ether oxygens (including phenoxy) is 2. The standard InChI is InChI=1S/C39H46F3N5O9S/c1-38(2,3)56-36(51)43-31-13-8-6-4-5-7-11-25-18-39(25,35(50)45-57(53,54)22-24-16-26(40)14-15-29(24)41)44-33(48)32-17-27(20-47(32)34(31)49)55-37(52)46-19-23-10-9-12-30(42)28(23)21-46/h7,9-12,14-16,25,27,31-32H,4-6,8,13,17-22H2,1-3H3,(H,43,51)(H,44,48)(H,45,50)/b11-7-/t25-,27+,31-,32-,39+/m0/s1. The summed E-state index contributed by atoms with van der Waals surface area (Å²) in [5.41, 5.74) is -2.24. The maximum atomic E-state index is 14.5. The minimum Gasteiger partial charge on any atom is -0.444 e. The number of hydrogen-bond donors (Lipinski definition) is 3. The van der Waals surface area contributed by atoms with Gasteiger partial charge in [-0.15, -0.1) is 0 Å². The van der Waals surface area contributed by atoms with Crippen molar-refractivity contribution in [3.05, 3.63) is 82.7 Å². The molecule has 0 radical (unpaired) electrons. The molecule has 5 atom stereocenters. The molecule has 0 spiro atoms. The highest BCUT2D eigenvalue weighted by atomic mass is 32.2. The normalized spacial score (nSPS) is 25.8. The van der Waals surface area contributed by atoms with Gasteiger partial charge < -0.3 is 25.0 Å². The number of benzene rings is 2. The zero-order valence-corrected chi connectivity index (χ0v) is 32.6. The SMILES string of the molecule is CC(C)(C)OC(=O)N[C@H]1CCCCC/C=C\[C@H]2C[C@@]2(C(=O)NS(=O)(=O)Cc2cc(F)ccc2F)NC(=O)[C@@H]2C[C@@H](OC(=O)N3Cc4cccc(F)c4C3)CN2C1=O. The highest BCUT2D eigenvalue weighted by Crippen LogP contribution is 2.46. The van der Waals surface area contributed by atoms with Crippen LogP contribution < -0.4 is 15.4 Å². The number of allylic oxidation sites excluding steroid dienone is 1. The fraction of sp³-hybridized carbons (Fsp3) is 0.513. The van der Waals surface area contributed by atoms with Gasteiger partial charge in [0, 0.05) is 30.0 Å². The van der Waals surface area contributed by atoms with E-state index in [0.717, 1.165) is 17.0 Å². The largest absolute Gasteiger partial charge is 0.444 e. The lowest BCUT2D eigenvalue weighted by molar-refractivity contribution is -0.141. The molecule has 2 fully saturated rings. The van der Waals surface area contributed by atoms with E-state index in [4.69, 9.17) is 9.47 Å². The molecule has 1 saturated carbocycles. The van der Waals surface area contributed by atoms with Crippen LogP contribution in [0.25, 0.3) is 0 Å². The highest BCUT2D eigenvalue weighted by Gasteiger charge is 2.61. The van der Waals surface area contributed by atoms with E-state index in [1.54, 1.807) is 32.9 Å². The first kappa shape index (κ1) is 41.5. The highest BCUT2D eigenvalue weighted by molar-refractivity contribution is 7.89. The van der Waals surface area contributed by atoms with Gasteiger partial charge in [-0.1, -0.05) is 37.1 Å². The van der Waals surface area contributed by atoms with E-state index in [9.17, 15) is 45.6 Å². The van der Waals surface area contributed by atoms with E-state index >= 15 is 0 Å². The second-order valence-electron chi connectivity index (χ2n) is 15.9. The van der Waals surface area contributed by atoms with Gasteiger partial charge in [0.05, 0.1) is 18.8 Å². The van der Waals surface area contributed by atoms with Crippen LogP contribution in [0, 0.1) is 23.4 Å². The Morgan fingerprint density at radius 1 is 1.02 bits per heavy atom. The molecule has 2 aromatic rings. The van der Waals surface area contributed by atoms with Gasteiger partial charge in [-0.3, -0.25) is 24.0 Å². The number of carbonyl (C=O) groups is 5. The van der Waals surface area contributed by atoms with Crippen molar-refractivity contribution in [3.63, 3.8) is 0 Å². The lowest BCUT2D eigenvalue weighted by atomic mass is 10.0. The fourth-order valence-electron chi connectivity index (χ4n) is 7.47. The summed E-state index contributed by atoms with van der Waals surface area (Å²) >= 11 is 0. The quantitative estimate of drug-likeness (QED) is 0.355. The molecular weight excluding hydrogens is 772 g/mol. The molecule has 3 aliphatic heterocycles. The molecule has 0 bridgehead atoms. The van der Waals surface area contributed by atoms with Crippen LogP contribution in [0.2, 0.25) is 0 Å². The molecule has 14 nitrogen and oxygen atoms in total. The van der Waals surface area contributed by atoms with Crippen LogP contribution in [0.1, 0.15) is 82.4 Å². The van der Waals surface area contributed by atoms with Crippen molar-refractivity contribution in [2.75, 3.05) is 6.54 Å². The Morgan fingerprint density at radius 3 is 2.53 bits per heavy atom. The fourth-order valence-corrected chi connectivity index (χ4v) is 8.64. The first-order valence-electron chi connectivity index (χ1n) is 18.8. The summed E-state index contributed by atoms with van der Waals surface area (Å²) < 4.78 is 82.0. The second-order valence-corrected chi connectivity index (χ2v) is 17.7. The summed E-state index contributed by atoms with van der Waals surface area (Å²) in [4.78, 5) is 71.2. The molecule has 6 rings (SSSR count). The van der Waals surface area contributed by atoms with Crippen LogP contribution >= 0.6 is 0 Å². The van der Waals surface area contributed by atoms with Crippen molar-refractivity contribution >= 4 is 39.9 Å². The molecule has 18 heteroatoms. The molecule has 2 aromatic carbocycles. The van der Waals surface area contributed by atoms with Crippen LogP contribution in [-0.2, 0) is 52.7 Å². The van der Waals surface area contributed by atoms with E-state index in [0.29, 0.717) is 42.9 Å². The van der Waals surface area contributed by atoms with E-state index in [1.165, 1.54) is 17.0 Å². The predicted octanol–water partition coefficient (Wildman–Crippen LogP) is 4.46. The summed E-state index contributed by atoms with van der Waals surface area (Å²) in [6.07, 6.45) is 3.13. The van der Waals surface area contributed by atoms with Crippen LogP contribution in [0.4, 0.5) is 22.8 Å². The zero-order chi connectivity index (χ0) is 41.3. The molecule has 57 heavy (non-hydrogen) atoms. The Labute approximate surface area is 328 Å². The number of nitrogens with zero attached hydrogens (tertiary/aromatic N) is 2. The third-order valence-electron chi connectivity index (χ3n) is 10.4. The van der Waals surface area contributed by atoms with Gasteiger partial charge in [0.1, 0.15) is 46.8 Å². The molecule has 4 aliphatic rings. The lowest BCUT2D eigenvalue weighted by Gasteiger charge is -2.30. The Balaban J connectivity index is 1.26. The summed E-state index contributed by atoms with van der Waals surface area (Å²) in [6.45, 7) is 4.73. The number of hydrogen-bond acceptors (Lipinski definition) is 9. The molecule has 3 heterocycles. The first-order chi connectivity index (χ1) is 26.8. The first-order valence-corrected chi connectivity index (χ1v) is 20.5. The predicted molar refractivity (Wildman–Crippen MR) is 198 cm³/mol. The maximum absolute atomic E-state index is 14.5. The van der Waals surface area contributed by atoms with Gasteiger partial charge in [-0.2, -0.15) is 0 Å². The number of amides is 5. The van der Waals surface area contributed by atoms with Crippen molar-refractivity contribution < 1.29 is 55.0 Å². The molecule has 1 aliphatic carbocycles. The number of sulfonamides is 1. The van der Waals surface area contributed by atoms with Crippen molar-refractivity contribution in [2.45, 2.75) is 114 Å². The van der Waals surface area contributed by atoms with E-state index in [2.05, 4.69) is 10.6 Å². The molecule has 308 valence electrons. The Bertz CT molecular complexity index is 2080. The summed E-state index contributed by atoms with van der Waals surface area (Å²) in [5, 5.41) is 5.30. The molecule has 1 saturated heterocycles. The minimum absolute atomic E-state index is 0.0150. The third kappa shape index (κ3) is 9.88. The van der Waals surface area contributed by atoms with E-state index in [1.807, 2.05) is 10.8 Å². The van der Waals surface area contributed by atoms with Crippen LogP contribution in [0.15, 0.2) is 48.6 Å². The van der Waals surface area contributed by atoms with E-state index in [-0.39, 0.29) is 38.9 Å². The maximum Gasteiger partial charge on any atom is 0.410 e. The number of nitrogens with one attached hydrogen (secondary N) is 3. The van der Waals surface area contributed by atoms with Crippen molar-refractivity contribution in [1.82, 2.24) is 25.2 Å². The average molecular weight is 818 g/mol. The second kappa shape index (κ2) is 16.4. The van der Waals surface area contributed by atoms with Gasteiger partial charge >= 0.3 is 12.2 Å². The number of carbonyl (C=O) groups excluding carboxylic acids is 5. The van der Waals surface area contributed by atoms with Crippen molar-refractivity contribution in [2.24, 2.45) is 5.92 Å². The smallest absolute Gasteiger partial charge is 0.410 e. The minimum atomic E-state index is -4.61. The molecule has 0 aromatic heterocycles.